The van der Waals surface area contributed by atoms with Gasteiger partial charge in [0.05, 0.1) is 6.61 Å². The van der Waals surface area contributed by atoms with Gasteiger partial charge in [0.1, 0.15) is 11.8 Å². The summed E-state index contributed by atoms with van der Waals surface area (Å²) in [6, 6.07) is 2.96. The minimum Gasteiger partial charge on any atom is -0.474 e. The van der Waals surface area contributed by atoms with Crippen molar-refractivity contribution in [1.82, 2.24) is 15.6 Å². The summed E-state index contributed by atoms with van der Waals surface area (Å²) in [5, 5.41) is 15.3. The highest BCUT2D eigenvalue weighted by molar-refractivity contribution is 5.26. The summed E-state index contributed by atoms with van der Waals surface area (Å²) in [5.41, 5.74) is 0.398. The lowest BCUT2D eigenvalue weighted by Gasteiger charge is -2.23. The van der Waals surface area contributed by atoms with Crippen molar-refractivity contribution in [3.63, 3.8) is 0 Å². The zero-order valence-electron chi connectivity index (χ0n) is 12.7. The molecular weight excluding hydrogens is 292 g/mol. The molecule has 22 heavy (non-hydrogen) atoms. The van der Waals surface area contributed by atoms with Crippen molar-refractivity contribution in [2.45, 2.75) is 44.9 Å². The molecule has 0 saturated carbocycles. The van der Waals surface area contributed by atoms with E-state index in [0.717, 1.165) is 25.9 Å². The van der Waals surface area contributed by atoms with E-state index >= 15 is 0 Å². The van der Waals surface area contributed by atoms with Crippen molar-refractivity contribution < 1.29 is 18.6 Å². The number of hydrogen-bond acceptors (Lipinski definition) is 5. The Morgan fingerprint density at radius 3 is 2.77 bits per heavy atom. The van der Waals surface area contributed by atoms with Crippen molar-refractivity contribution in [1.29, 1.82) is 0 Å². The first-order chi connectivity index (χ1) is 10.6. The summed E-state index contributed by atoms with van der Waals surface area (Å²) >= 11 is 0. The molecular formula is C15H23F2N3O2. The Hall–Kier alpha value is -1.31. The van der Waals surface area contributed by atoms with Gasteiger partial charge in [-0.1, -0.05) is 0 Å². The van der Waals surface area contributed by atoms with Crippen LogP contribution >= 0.6 is 0 Å². The van der Waals surface area contributed by atoms with E-state index in [0.29, 0.717) is 12.1 Å². The van der Waals surface area contributed by atoms with Crippen LogP contribution in [0.1, 0.15) is 37.4 Å². The average molecular weight is 315 g/mol. The zero-order valence-corrected chi connectivity index (χ0v) is 12.7. The van der Waals surface area contributed by atoms with Crippen LogP contribution in [0.15, 0.2) is 12.1 Å². The number of aromatic nitrogens is 1. The molecule has 1 atom stereocenters. The lowest BCUT2D eigenvalue weighted by molar-refractivity contribution is 0.135. The molecule has 1 aliphatic rings. The smallest absolute Gasteiger partial charge is 0.280 e. The van der Waals surface area contributed by atoms with Gasteiger partial charge in [0.15, 0.2) is 0 Å². The molecule has 1 unspecified atom stereocenters. The molecule has 1 aliphatic heterocycles. The Morgan fingerprint density at radius 2 is 2.14 bits per heavy atom. The van der Waals surface area contributed by atoms with Gasteiger partial charge in [0.25, 0.3) is 6.43 Å². The van der Waals surface area contributed by atoms with Crippen LogP contribution in [0.2, 0.25) is 0 Å². The monoisotopic (exact) mass is 315 g/mol. The van der Waals surface area contributed by atoms with Crippen LogP contribution in [-0.2, 0) is 6.54 Å². The van der Waals surface area contributed by atoms with Crippen LogP contribution in [-0.4, -0.2) is 41.9 Å². The highest BCUT2D eigenvalue weighted by Gasteiger charge is 2.18. The lowest BCUT2D eigenvalue weighted by atomic mass is 10.1. The molecule has 0 radical (unpaired) electrons. The van der Waals surface area contributed by atoms with Gasteiger partial charge in [-0.2, -0.15) is 0 Å². The fourth-order valence-electron chi connectivity index (χ4n) is 2.30. The number of nitrogens with one attached hydrogen (secondary N) is 2. The predicted molar refractivity (Wildman–Crippen MR) is 79.1 cm³/mol. The molecule has 5 nitrogen and oxygen atoms in total. The second-order valence-corrected chi connectivity index (χ2v) is 5.57. The fourth-order valence-corrected chi connectivity index (χ4v) is 2.30. The number of ether oxygens (including phenoxy) is 1. The number of piperidine rings is 1. The molecule has 0 aliphatic carbocycles. The van der Waals surface area contributed by atoms with Crippen LogP contribution in [0.3, 0.4) is 0 Å². The first kappa shape index (κ1) is 17.1. The maximum Gasteiger partial charge on any atom is 0.280 e. The van der Waals surface area contributed by atoms with Gasteiger partial charge in [-0.15, -0.1) is 0 Å². The number of aliphatic hydroxyl groups excluding tert-OH is 1. The van der Waals surface area contributed by atoms with Gasteiger partial charge in [0.2, 0.25) is 5.88 Å². The second kappa shape index (κ2) is 8.36. The van der Waals surface area contributed by atoms with Gasteiger partial charge in [-0.05, 0) is 44.5 Å². The summed E-state index contributed by atoms with van der Waals surface area (Å²) in [6.45, 7) is 3.92. The maximum atomic E-state index is 13.0. The van der Waals surface area contributed by atoms with E-state index in [-0.39, 0.29) is 30.3 Å². The summed E-state index contributed by atoms with van der Waals surface area (Å²) in [4.78, 5) is 3.90. The third-order valence-electron chi connectivity index (χ3n) is 3.61. The molecule has 0 amide bonds. The van der Waals surface area contributed by atoms with Gasteiger partial charge in [0, 0.05) is 18.7 Å². The number of alkyl halides is 2. The van der Waals surface area contributed by atoms with E-state index in [4.69, 9.17) is 9.84 Å². The molecule has 3 N–H and O–H groups in total. The number of halogens is 2. The van der Waals surface area contributed by atoms with Crippen LogP contribution in [0.5, 0.6) is 5.88 Å². The molecule has 124 valence electrons. The molecule has 0 aromatic carbocycles. The van der Waals surface area contributed by atoms with Crippen LogP contribution in [0.4, 0.5) is 8.78 Å². The fraction of sp³-hybridized carbons (Fsp3) is 0.667. The molecule has 0 bridgehead atoms. The van der Waals surface area contributed by atoms with E-state index < -0.39 is 6.43 Å². The van der Waals surface area contributed by atoms with Crippen molar-refractivity contribution in [3.05, 3.63) is 23.4 Å². The van der Waals surface area contributed by atoms with E-state index in [1.54, 1.807) is 6.07 Å². The van der Waals surface area contributed by atoms with Crippen LogP contribution in [0.25, 0.3) is 0 Å². The van der Waals surface area contributed by atoms with Crippen LogP contribution < -0.4 is 15.4 Å². The maximum absolute atomic E-state index is 13.0. The quantitative estimate of drug-likeness (QED) is 0.713. The number of hydrogen-bond donors (Lipinski definition) is 3. The van der Waals surface area contributed by atoms with Crippen molar-refractivity contribution in [3.8, 4) is 5.88 Å². The van der Waals surface area contributed by atoms with Gasteiger partial charge in [-0.3, -0.25) is 0 Å². The van der Waals surface area contributed by atoms with Crippen LogP contribution in [0, 0.1) is 0 Å². The number of rotatable bonds is 7. The van der Waals surface area contributed by atoms with Crippen molar-refractivity contribution >= 4 is 0 Å². The first-order valence-electron chi connectivity index (χ1n) is 7.59. The summed E-state index contributed by atoms with van der Waals surface area (Å²) in [7, 11) is 0. The summed E-state index contributed by atoms with van der Waals surface area (Å²) < 4.78 is 31.7. The summed E-state index contributed by atoms with van der Waals surface area (Å²) in [6.07, 6.45) is -0.935. The largest absolute Gasteiger partial charge is 0.474 e. The Balaban J connectivity index is 2.08. The van der Waals surface area contributed by atoms with Gasteiger partial charge in [-0.25, -0.2) is 13.8 Å². The topological polar surface area (TPSA) is 66.4 Å². The Morgan fingerprint density at radius 1 is 1.41 bits per heavy atom. The molecule has 1 aromatic rings. The lowest BCUT2D eigenvalue weighted by Crippen LogP contribution is -2.34. The van der Waals surface area contributed by atoms with E-state index in [2.05, 4.69) is 15.6 Å². The standard InChI is InChI=1S/C15H23F2N3O2/c1-10(9-21)19-8-11-6-13(15(16)17)20-14(7-11)22-12-2-4-18-5-3-12/h6-7,10,12,15,18-19,21H,2-5,8-9H2,1H3. The minimum absolute atomic E-state index is 0.00871. The molecule has 7 heteroatoms. The Bertz CT molecular complexity index is 468. The molecule has 2 rings (SSSR count). The third kappa shape index (κ3) is 5.15. The molecule has 1 aromatic heterocycles. The molecule has 0 spiro atoms. The molecule has 1 fully saturated rings. The van der Waals surface area contributed by atoms with E-state index in [1.165, 1.54) is 6.07 Å². The highest BCUT2D eigenvalue weighted by Crippen LogP contribution is 2.23. The average Bonchev–Trinajstić information content (AvgIpc) is 2.53. The van der Waals surface area contributed by atoms with Crippen molar-refractivity contribution in [2.75, 3.05) is 19.7 Å². The number of aliphatic hydroxyl groups is 1. The van der Waals surface area contributed by atoms with E-state index in [1.807, 2.05) is 6.92 Å². The predicted octanol–water partition coefficient (Wildman–Crippen LogP) is 1.62. The second-order valence-electron chi connectivity index (χ2n) is 5.57. The first-order valence-corrected chi connectivity index (χ1v) is 7.59. The van der Waals surface area contributed by atoms with Gasteiger partial charge < -0.3 is 20.5 Å². The molecule has 1 saturated heterocycles. The van der Waals surface area contributed by atoms with E-state index in [9.17, 15) is 8.78 Å². The molecule has 2 heterocycles. The third-order valence-corrected chi connectivity index (χ3v) is 3.61. The Labute approximate surface area is 129 Å². The van der Waals surface area contributed by atoms with Gasteiger partial charge >= 0.3 is 0 Å². The zero-order chi connectivity index (χ0) is 15.9. The van der Waals surface area contributed by atoms with Crippen molar-refractivity contribution in [2.24, 2.45) is 0 Å². The highest BCUT2D eigenvalue weighted by atomic mass is 19.3. The Kier molecular flexibility index (Phi) is 6.48. The normalized spacial score (nSPS) is 17.7. The number of pyridine rings is 1. The SMILES string of the molecule is CC(CO)NCc1cc(OC2CCNCC2)nc(C(F)F)c1. The number of nitrogens with zero attached hydrogens (tertiary/aromatic N) is 1. The minimum atomic E-state index is -2.63. The summed E-state index contributed by atoms with van der Waals surface area (Å²) in [5.74, 6) is 0.248.